The molecule has 1 fully saturated rings. The van der Waals surface area contributed by atoms with Gasteiger partial charge in [0.1, 0.15) is 11.4 Å². The first-order valence-corrected chi connectivity index (χ1v) is 10.8. The van der Waals surface area contributed by atoms with Crippen molar-refractivity contribution >= 4 is 28.4 Å². The Morgan fingerprint density at radius 3 is 2.55 bits per heavy atom. The van der Waals surface area contributed by atoms with Gasteiger partial charge in [-0.3, -0.25) is 9.59 Å². The maximum absolute atomic E-state index is 12.5. The summed E-state index contributed by atoms with van der Waals surface area (Å²) in [4.78, 5) is 32.3. The summed E-state index contributed by atoms with van der Waals surface area (Å²) in [6, 6.07) is 17.7. The lowest BCUT2D eigenvalue weighted by molar-refractivity contribution is -0.131. The summed E-state index contributed by atoms with van der Waals surface area (Å²) >= 11 is 0. The Morgan fingerprint density at radius 1 is 1.03 bits per heavy atom. The summed E-state index contributed by atoms with van der Waals surface area (Å²) in [7, 11) is 0. The third-order valence-electron chi connectivity index (χ3n) is 5.53. The largest absolute Gasteiger partial charge is 0.494 e. The number of amides is 2. The number of rotatable bonds is 7. The van der Waals surface area contributed by atoms with Gasteiger partial charge in [0, 0.05) is 61.8 Å². The van der Waals surface area contributed by atoms with Crippen LogP contribution in [-0.4, -0.2) is 61.0 Å². The fraction of sp³-hybridized carbons (Fsp3) is 0.333. The van der Waals surface area contributed by atoms with Gasteiger partial charge < -0.3 is 24.8 Å². The molecular formula is C24H28N4O3. The van der Waals surface area contributed by atoms with Crippen molar-refractivity contribution in [3.63, 3.8) is 0 Å². The molecule has 1 aliphatic heterocycles. The number of carbonyl (C=O) groups is 2. The highest BCUT2D eigenvalue weighted by atomic mass is 16.5. The van der Waals surface area contributed by atoms with E-state index in [0.29, 0.717) is 38.4 Å². The van der Waals surface area contributed by atoms with E-state index >= 15 is 0 Å². The number of nitrogens with zero attached hydrogens (tertiary/aromatic N) is 2. The normalized spacial score (nSPS) is 14.0. The van der Waals surface area contributed by atoms with Gasteiger partial charge in [-0.2, -0.15) is 0 Å². The van der Waals surface area contributed by atoms with Crippen molar-refractivity contribution in [3.8, 4) is 5.75 Å². The van der Waals surface area contributed by atoms with Crippen molar-refractivity contribution in [3.05, 3.63) is 60.3 Å². The lowest BCUT2D eigenvalue weighted by Gasteiger charge is -2.36. The molecule has 0 unspecified atom stereocenters. The van der Waals surface area contributed by atoms with Crippen LogP contribution in [0, 0.1) is 0 Å². The number of ether oxygens (including phenoxy) is 1. The molecule has 7 heteroatoms. The molecule has 3 aromatic rings. The van der Waals surface area contributed by atoms with Crippen LogP contribution in [0.5, 0.6) is 5.75 Å². The molecule has 2 N–H and O–H groups in total. The fourth-order valence-corrected chi connectivity index (χ4v) is 3.87. The van der Waals surface area contributed by atoms with Crippen LogP contribution in [0.1, 0.15) is 23.8 Å². The van der Waals surface area contributed by atoms with Gasteiger partial charge in [0.15, 0.2) is 0 Å². The number of aromatic nitrogens is 1. The number of hydrogen-bond acceptors (Lipinski definition) is 4. The Labute approximate surface area is 182 Å². The van der Waals surface area contributed by atoms with Crippen LogP contribution in [0.3, 0.4) is 0 Å². The first-order valence-electron chi connectivity index (χ1n) is 10.8. The van der Waals surface area contributed by atoms with E-state index in [9.17, 15) is 9.59 Å². The van der Waals surface area contributed by atoms with Gasteiger partial charge in [-0.05, 0) is 37.3 Å². The smallest absolute Gasteiger partial charge is 0.267 e. The van der Waals surface area contributed by atoms with Crippen LogP contribution in [0.15, 0.2) is 54.6 Å². The zero-order chi connectivity index (χ0) is 21.6. The fourth-order valence-electron chi connectivity index (χ4n) is 3.87. The first kappa shape index (κ1) is 20.8. The third-order valence-corrected chi connectivity index (χ3v) is 5.53. The SMILES string of the molecule is CCOc1ccc2cc(C(=O)NCCC(=O)N3CCN(c4ccccc4)CC3)[nH]c2c1. The zero-order valence-electron chi connectivity index (χ0n) is 17.8. The number of benzene rings is 2. The summed E-state index contributed by atoms with van der Waals surface area (Å²) in [6.07, 6.45) is 0.297. The van der Waals surface area contributed by atoms with E-state index in [1.54, 1.807) is 0 Å². The molecule has 1 aliphatic rings. The van der Waals surface area contributed by atoms with E-state index in [1.165, 1.54) is 5.69 Å². The number of para-hydroxylation sites is 1. The summed E-state index contributed by atoms with van der Waals surface area (Å²) in [6.45, 7) is 5.88. The molecule has 31 heavy (non-hydrogen) atoms. The molecule has 2 amide bonds. The molecule has 0 atom stereocenters. The molecule has 1 saturated heterocycles. The van der Waals surface area contributed by atoms with E-state index in [1.807, 2.05) is 54.3 Å². The van der Waals surface area contributed by atoms with Crippen molar-refractivity contribution < 1.29 is 14.3 Å². The average molecular weight is 421 g/mol. The van der Waals surface area contributed by atoms with E-state index < -0.39 is 0 Å². The molecule has 2 aromatic carbocycles. The summed E-state index contributed by atoms with van der Waals surface area (Å²) in [5.41, 5.74) is 2.52. The summed E-state index contributed by atoms with van der Waals surface area (Å²) in [5.74, 6) is 0.628. The Bertz CT molecular complexity index is 1040. The number of H-pyrrole nitrogens is 1. The number of anilines is 1. The molecule has 0 radical (unpaired) electrons. The average Bonchev–Trinajstić information content (AvgIpc) is 3.23. The van der Waals surface area contributed by atoms with Crippen molar-refractivity contribution in [1.82, 2.24) is 15.2 Å². The molecule has 4 rings (SSSR count). The zero-order valence-corrected chi connectivity index (χ0v) is 17.8. The molecule has 0 saturated carbocycles. The highest BCUT2D eigenvalue weighted by Crippen LogP contribution is 2.21. The molecule has 7 nitrogen and oxygen atoms in total. The van der Waals surface area contributed by atoms with E-state index in [4.69, 9.17) is 4.74 Å². The van der Waals surface area contributed by atoms with Crippen LogP contribution in [0.2, 0.25) is 0 Å². The van der Waals surface area contributed by atoms with Gasteiger partial charge in [-0.25, -0.2) is 0 Å². The van der Waals surface area contributed by atoms with Crippen LogP contribution >= 0.6 is 0 Å². The van der Waals surface area contributed by atoms with Gasteiger partial charge in [-0.15, -0.1) is 0 Å². The van der Waals surface area contributed by atoms with Crippen LogP contribution in [0.4, 0.5) is 5.69 Å². The Morgan fingerprint density at radius 2 is 1.81 bits per heavy atom. The second-order valence-corrected chi connectivity index (χ2v) is 7.57. The van der Waals surface area contributed by atoms with Crippen molar-refractivity contribution in [2.24, 2.45) is 0 Å². The van der Waals surface area contributed by atoms with Gasteiger partial charge in [0.05, 0.1) is 6.61 Å². The molecule has 2 heterocycles. The highest BCUT2D eigenvalue weighted by molar-refractivity contribution is 5.98. The van der Waals surface area contributed by atoms with Crippen LogP contribution in [0.25, 0.3) is 10.9 Å². The number of hydrogen-bond donors (Lipinski definition) is 2. The second kappa shape index (κ2) is 9.55. The minimum absolute atomic E-state index is 0.0750. The standard InChI is InChI=1S/C24H28N4O3/c1-2-31-20-9-8-18-16-22(26-21(18)17-20)24(30)25-11-10-23(29)28-14-12-27(13-15-28)19-6-4-3-5-7-19/h3-9,16-17,26H,2,10-15H2,1H3,(H,25,30). The predicted octanol–water partition coefficient (Wildman–Crippen LogP) is 3.04. The summed E-state index contributed by atoms with van der Waals surface area (Å²) < 4.78 is 5.50. The van der Waals surface area contributed by atoms with Gasteiger partial charge in [0.2, 0.25) is 5.91 Å². The van der Waals surface area contributed by atoms with Crippen molar-refractivity contribution in [1.29, 1.82) is 0 Å². The first-order chi connectivity index (χ1) is 15.1. The van der Waals surface area contributed by atoms with Crippen molar-refractivity contribution in [2.75, 3.05) is 44.2 Å². The lowest BCUT2D eigenvalue weighted by Crippen LogP contribution is -2.49. The Balaban J connectivity index is 1.24. The monoisotopic (exact) mass is 420 g/mol. The van der Waals surface area contributed by atoms with Gasteiger partial charge >= 0.3 is 0 Å². The number of fused-ring (bicyclic) bond motifs is 1. The van der Waals surface area contributed by atoms with Crippen LogP contribution in [-0.2, 0) is 4.79 Å². The minimum atomic E-state index is -0.212. The molecule has 0 aliphatic carbocycles. The molecule has 1 aromatic heterocycles. The molecular weight excluding hydrogens is 392 g/mol. The Kier molecular flexibility index (Phi) is 6.40. The van der Waals surface area contributed by atoms with Gasteiger partial charge in [0.25, 0.3) is 5.91 Å². The maximum Gasteiger partial charge on any atom is 0.267 e. The minimum Gasteiger partial charge on any atom is -0.494 e. The number of piperazine rings is 1. The predicted molar refractivity (Wildman–Crippen MR) is 122 cm³/mol. The third kappa shape index (κ3) is 4.99. The lowest BCUT2D eigenvalue weighted by atomic mass is 10.2. The Hall–Kier alpha value is -3.48. The maximum atomic E-state index is 12.5. The quantitative estimate of drug-likeness (QED) is 0.616. The van der Waals surface area contributed by atoms with Crippen molar-refractivity contribution in [2.45, 2.75) is 13.3 Å². The van der Waals surface area contributed by atoms with E-state index in [-0.39, 0.29) is 11.8 Å². The molecule has 0 spiro atoms. The highest BCUT2D eigenvalue weighted by Gasteiger charge is 2.21. The van der Waals surface area contributed by atoms with Crippen LogP contribution < -0.4 is 15.0 Å². The number of carbonyl (C=O) groups excluding carboxylic acids is 2. The summed E-state index contributed by atoms with van der Waals surface area (Å²) in [5, 5.41) is 3.79. The number of aromatic amines is 1. The topological polar surface area (TPSA) is 77.7 Å². The van der Waals surface area contributed by atoms with E-state index in [0.717, 1.165) is 29.7 Å². The van der Waals surface area contributed by atoms with Gasteiger partial charge in [-0.1, -0.05) is 18.2 Å². The van der Waals surface area contributed by atoms with E-state index in [2.05, 4.69) is 27.3 Å². The second-order valence-electron chi connectivity index (χ2n) is 7.57. The molecule has 0 bridgehead atoms. The molecule has 162 valence electrons. The number of nitrogens with one attached hydrogen (secondary N) is 2.